The van der Waals surface area contributed by atoms with Crippen LogP contribution in [0.2, 0.25) is 0 Å². The fourth-order valence-corrected chi connectivity index (χ4v) is 3.94. The number of allylic oxidation sites excluding steroid dienone is 1. The first kappa shape index (κ1) is 17.7. The van der Waals surface area contributed by atoms with Crippen molar-refractivity contribution >= 4 is 23.1 Å². The third kappa shape index (κ3) is 3.60. The molecule has 0 saturated heterocycles. The van der Waals surface area contributed by atoms with Gasteiger partial charge < -0.3 is 15.0 Å². The average Bonchev–Trinajstić information content (AvgIpc) is 2.70. The van der Waals surface area contributed by atoms with E-state index in [-0.39, 0.29) is 11.8 Å². The Bertz CT molecular complexity index is 908. The summed E-state index contributed by atoms with van der Waals surface area (Å²) in [5.41, 5.74) is 4.01. The van der Waals surface area contributed by atoms with E-state index < -0.39 is 0 Å². The molecule has 2 aromatic rings. The minimum absolute atomic E-state index is 0.207. The van der Waals surface area contributed by atoms with Crippen molar-refractivity contribution in [2.75, 3.05) is 7.05 Å². The lowest BCUT2D eigenvalue weighted by molar-refractivity contribution is -0.116. The molecule has 0 fully saturated rings. The third-order valence-electron chi connectivity index (χ3n) is 5.13. The maximum absolute atomic E-state index is 12.7. The van der Waals surface area contributed by atoms with E-state index in [0.29, 0.717) is 18.1 Å². The molecule has 2 aliphatic rings. The Morgan fingerprint density at radius 2 is 1.96 bits per heavy atom. The number of nitrogens with one attached hydrogen (secondary N) is 1. The van der Waals surface area contributed by atoms with Gasteiger partial charge in [0.05, 0.1) is 6.04 Å². The Hall–Kier alpha value is -2.66. The first-order valence-electron chi connectivity index (χ1n) is 9.20. The molecule has 138 valence electrons. The minimum Gasteiger partial charge on any atom is -0.489 e. The number of Topliss-reactive ketones (excluding diaryl/α,β-unsaturated/α-hetero) is 1. The number of rotatable bonds is 4. The summed E-state index contributed by atoms with van der Waals surface area (Å²) in [6, 6.07) is 17.8. The number of hydrogen-bond acceptors (Lipinski definition) is 3. The van der Waals surface area contributed by atoms with Crippen LogP contribution in [0.3, 0.4) is 0 Å². The molecule has 2 aromatic carbocycles. The van der Waals surface area contributed by atoms with Gasteiger partial charge in [0.1, 0.15) is 12.4 Å². The Labute approximate surface area is 164 Å². The lowest BCUT2D eigenvalue weighted by atomic mass is 9.85. The van der Waals surface area contributed by atoms with Gasteiger partial charge in [-0.25, -0.2) is 0 Å². The fourth-order valence-electron chi connectivity index (χ4n) is 3.71. The zero-order valence-electron chi connectivity index (χ0n) is 15.3. The molecule has 4 nitrogen and oxygen atoms in total. The van der Waals surface area contributed by atoms with Gasteiger partial charge in [0, 0.05) is 24.7 Å². The number of nitrogens with zero attached hydrogens (tertiary/aromatic N) is 1. The highest BCUT2D eigenvalue weighted by Crippen LogP contribution is 2.37. The zero-order chi connectivity index (χ0) is 18.8. The van der Waals surface area contributed by atoms with Crippen LogP contribution >= 0.6 is 12.2 Å². The summed E-state index contributed by atoms with van der Waals surface area (Å²) in [5, 5.41) is 3.99. The molecule has 0 radical (unpaired) electrons. The van der Waals surface area contributed by atoms with Crippen LogP contribution in [0.25, 0.3) is 0 Å². The van der Waals surface area contributed by atoms with Gasteiger partial charge in [-0.2, -0.15) is 0 Å². The highest BCUT2D eigenvalue weighted by Gasteiger charge is 2.35. The van der Waals surface area contributed by atoms with E-state index in [4.69, 9.17) is 17.0 Å². The van der Waals surface area contributed by atoms with E-state index >= 15 is 0 Å². The fraction of sp³-hybridized carbons (Fsp3) is 0.273. The van der Waals surface area contributed by atoms with Crippen LogP contribution in [0.1, 0.15) is 36.4 Å². The van der Waals surface area contributed by atoms with E-state index in [1.54, 1.807) is 0 Å². The standard InChI is InChI=1S/C22H22N2O2S/c1-24-18-11-6-12-19(25)20(18)21(23-22(24)27)16-9-5-10-17(13-16)26-14-15-7-3-2-4-8-15/h2-5,7-10,13,21H,6,11-12,14H2,1H3,(H,23,27). The Morgan fingerprint density at radius 1 is 1.15 bits per heavy atom. The van der Waals surface area contributed by atoms with Gasteiger partial charge in [-0.1, -0.05) is 42.5 Å². The number of benzene rings is 2. The van der Waals surface area contributed by atoms with Crippen LogP contribution in [0, 0.1) is 0 Å². The molecule has 0 bridgehead atoms. The molecule has 0 saturated carbocycles. The number of carbonyl (C=O) groups is 1. The maximum atomic E-state index is 12.7. The van der Waals surface area contributed by atoms with E-state index in [1.807, 2.05) is 66.5 Å². The average molecular weight is 378 g/mol. The number of hydrogen-bond donors (Lipinski definition) is 1. The third-order valence-corrected chi connectivity index (χ3v) is 5.53. The van der Waals surface area contributed by atoms with Crippen LogP contribution in [-0.2, 0) is 11.4 Å². The minimum atomic E-state index is -0.211. The maximum Gasteiger partial charge on any atom is 0.173 e. The Balaban J connectivity index is 1.61. The van der Waals surface area contributed by atoms with Crippen molar-refractivity contribution in [1.29, 1.82) is 0 Å². The largest absolute Gasteiger partial charge is 0.489 e. The molecular formula is C22H22N2O2S. The predicted octanol–water partition coefficient (Wildman–Crippen LogP) is 4.13. The number of carbonyl (C=O) groups excluding carboxylic acids is 1. The first-order chi connectivity index (χ1) is 13.1. The van der Waals surface area contributed by atoms with Crippen molar-refractivity contribution in [2.24, 2.45) is 0 Å². The van der Waals surface area contributed by atoms with Crippen LogP contribution in [0.5, 0.6) is 5.75 Å². The van der Waals surface area contributed by atoms with E-state index in [0.717, 1.165) is 41.0 Å². The van der Waals surface area contributed by atoms with Crippen molar-refractivity contribution < 1.29 is 9.53 Å². The lowest BCUT2D eigenvalue weighted by Gasteiger charge is -2.39. The summed E-state index contributed by atoms with van der Waals surface area (Å²) < 4.78 is 5.96. The van der Waals surface area contributed by atoms with Gasteiger partial charge in [-0.05, 0) is 48.3 Å². The van der Waals surface area contributed by atoms with Gasteiger partial charge >= 0.3 is 0 Å². The molecule has 1 N–H and O–H groups in total. The number of ketones is 1. The molecule has 4 rings (SSSR count). The van der Waals surface area contributed by atoms with E-state index in [1.165, 1.54) is 0 Å². The quantitative estimate of drug-likeness (QED) is 0.810. The number of thiocarbonyl (C=S) groups is 1. The summed E-state index contributed by atoms with van der Waals surface area (Å²) in [7, 11) is 1.93. The highest BCUT2D eigenvalue weighted by atomic mass is 32.1. The molecule has 0 spiro atoms. The second kappa shape index (κ2) is 7.53. The molecule has 27 heavy (non-hydrogen) atoms. The predicted molar refractivity (Wildman–Crippen MR) is 109 cm³/mol. The van der Waals surface area contributed by atoms with E-state index in [2.05, 4.69) is 5.32 Å². The summed E-state index contributed by atoms with van der Waals surface area (Å²) in [6.45, 7) is 0.510. The first-order valence-corrected chi connectivity index (χ1v) is 9.61. The second-order valence-electron chi connectivity index (χ2n) is 6.93. The van der Waals surface area contributed by atoms with Gasteiger partial charge in [0.25, 0.3) is 0 Å². The lowest BCUT2D eigenvalue weighted by Crippen LogP contribution is -2.47. The smallest absolute Gasteiger partial charge is 0.173 e. The van der Waals surface area contributed by atoms with Crippen molar-refractivity contribution in [3.8, 4) is 5.75 Å². The Kier molecular flexibility index (Phi) is 4.94. The number of ether oxygens (including phenoxy) is 1. The molecule has 1 aliphatic heterocycles. The van der Waals surface area contributed by atoms with Crippen molar-refractivity contribution in [3.05, 3.63) is 77.0 Å². The molecule has 5 heteroatoms. The van der Waals surface area contributed by atoms with Crippen molar-refractivity contribution in [3.63, 3.8) is 0 Å². The molecule has 0 amide bonds. The van der Waals surface area contributed by atoms with Crippen LogP contribution in [0.4, 0.5) is 0 Å². The molecule has 0 aromatic heterocycles. The molecular weight excluding hydrogens is 356 g/mol. The highest BCUT2D eigenvalue weighted by molar-refractivity contribution is 7.80. The monoisotopic (exact) mass is 378 g/mol. The molecule has 1 aliphatic carbocycles. The van der Waals surface area contributed by atoms with Gasteiger partial charge in [-0.3, -0.25) is 4.79 Å². The van der Waals surface area contributed by atoms with E-state index in [9.17, 15) is 4.79 Å². The van der Waals surface area contributed by atoms with Gasteiger partial charge in [-0.15, -0.1) is 0 Å². The molecule has 1 unspecified atom stereocenters. The zero-order valence-corrected chi connectivity index (χ0v) is 16.1. The van der Waals surface area contributed by atoms with Crippen LogP contribution in [0.15, 0.2) is 65.9 Å². The summed E-state index contributed by atoms with van der Waals surface area (Å²) in [6.07, 6.45) is 2.37. The summed E-state index contributed by atoms with van der Waals surface area (Å²) >= 11 is 5.50. The normalized spacial score (nSPS) is 19.6. The second-order valence-corrected chi connectivity index (χ2v) is 7.31. The molecule has 1 atom stereocenters. The SMILES string of the molecule is CN1C(=S)NC(c2cccc(OCc3ccccc3)c2)C2=C1CCCC2=O. The van der Waals surface area contributed by atoms with Gasteiger partial charge in [0.15, 0.2) is 10.9 Å². The van der Waals surface area contributed by atoms with Crippen molar-refractivity contribution in [1.82, 2.24) is 10.2 Å². The van der Waals surface area contributed by atoms with Crippen LogP contribution in [-0.4, -0.2) is 22.8 Å². The summed E-state index contributed by atoms with van der Waals surface area (Å²) in [5.74, 6) is 0.993. The van der Waals surface area contributed by atoms with Crippen LogP contribution < -0.4 is 10.1 Å². The molecule has 1 heterocycles. The Morgan fingerprint density at radius 3 is 2.78 bits per heavy atom. The van der Waals surface area contributed by atoms with Gasteiger partial charge in [0.2, 0.25) is 0 Å². The summed E-state index contributed by atoms with van der Waals surface area (Å²) in [4.78, 5) is 14.6. The van der Waals surface area contributed by atoms with Crippen molar-refractivity contribution in [2.45, 2.75) is 31.9 Å². The topological polar surface area (TPSA) is 41.6 Å².